The molecule has 1 aromatic heterocycles. The summed E-state index contributed by atoms with van der Waals surface area (Å²) in [6.07, 6.45) is 2.11. The van der Waals surface area contributed by atoms with Crippen molar-refractivity contribution in [1.82, 2.24) is 4.57 Å². The van der Waals surface area contributed by atoms with Gasteiger partial charge in [-0.15, -0.1) is 11.6 Å². The molecule has 0 amide bonds. The lowest BCUT2D eigenvalue weighted by Gasteiger charge is -2.05. The van der Waals surface area contributed by atoms with Crippen molar-refractivity contribution in [2.24, 2.45) is 0 Å². The monoisotopic (exact) mass is 409 g/mol. The molecule has 1 nitrogen and oxygen atoms in total. The predicted molar refractivity (Wildman–Crippen MR) is 129 cm³/mol. The second-order valence-corrected chi connectivity index (χ2v) is 8.10. The van der Waals surface area contributed by atoms with Crippen molar-refractivity contribution in [2.75, 3.05) is 5.88 Å². The summed E-state index contributed by atoms with van der Waals surface area (Å²) in [6.45, 7) is 0.984. The van der Waals surface area contributed by atoms with E-state index in [4.69, 9.17) is 11.6 Å². The van der Waals surface area contributed by atoms with Crippen molar-refractivity contribution in [3.05, 3.63) is 108 Å². The zero-order chi connectivity index (χ0) is 20.3. The third-order valence-corrected chi connectivity index (χ3v) is 6.17. The lowest BCUT2D eigenvalue weighted by molar-refractivity contribution is 0.728. The van der Waals surface area contributed by atoms with Gasteiger partial charge in [0.1, 0.15) is 0 Å². The van der Waals surface area contributed by atoms with Crippen LogP contribution in [0.4, 0.5) is 0 Å². The molecular formula is C28H24ClN. The van der Waals surface area contributed by atoms with Crippen LogP contribution >= 0.6 is 11.6 Å². The van der Waals surface area contributed by atoms with Crippen LogP contribution in [0.5, 0.6) is 0 Å². The molecule has 5 aromatic rings. The Bertz CT molecular complexity index is 1220. The lowest BCUT2D eigenvalue weighted by atomic mass is 10.1. The van der Waals surface area contributed by atoms with E-state index in [9.17, 15) is 0 Å². The quantitative estimate of drug-likeness (QED) is 0.264. The molecule has 0 fully saturated rings. The van der Waals surface area contributed by atoms with Crippen molar-refractivity contribution in [3.63, 3.8) is 0 Å². The highest BCUT2D eigenvalue weighted by Gasteiger charge is 2.15. The van der Waals surface area contributed by atoms with Gasteiger partial charge < -0.3 is 4.57 Å². The summed E-state index contributed by atoms with van der Waals surface area (Å²) in [7, 11) is 0. The first-order valence-corrected chi connectivity index (χ1v) is 11.1. The van der Waals surface area contributed by atoms with Crippen LogP contribution in [0.1, 0.15) is 17.5 Å². The molecule has 0 saturated heterocycles. The molecule has 2 heteroatoms. The number of hydrogen-bond acceptors (Lipinski definition) is 0. The Labute approximate surface area is 182 Å². The van der Waals surface area contributed by atoms with E-state index in [1.54, 1.807) is 0 Å². The summed E-state index contributed by atoms with van der Waals surface area (Å²) < 4.78 is 2.37. The number of para-hydroxylation sites is 2. The Morgan fingerprint density at radius 1 is 0.600 bits per heavy atom. The third-order valence-electron chi connectivity index (χ3n) is 5.90. The van der Waals surface area contributed by atoms with Crippen LogP contribution in [-0.4, -0.2) is 10.4 Å². The minimum Gasteiger partial charge on any atom is -0.340 e. The smallest absolute Gasteiger partial charge is 0.0491 e. The van der Waals surface area contributed by atoms with E-state index in [2.05, 4.69) is 102 Å². The van der Waals surface area contributed by atoms with Gasteiger partial charge in [0.2, 0.25) is 0 Å². The number of alkyl halides is 1. The van der Waals surface area contributed by atoms with Crippen LogP contribution in [0.25, 0.3) is 32.9 Å². The van der Waals surface area contributed by atoms with Gasteiger partial charge >= 0.3 is 0 Å². The molecule has 4 aromatic carbocycles. The molecule has 0 saturated carbocycles. The average molecular weight is 410 g/mol. The normalized spacial score (nSPS) is 11.8. The highest BCUT2D eigenvalue weighted by molar-refractivity contribution is 6.17. The van der Waals surface area contributed by atoms with Gasteiger partial charge in [0.25, 0.3) is 0 Å². The zero-order valence-electron chi connectivity index (χ0n) is 16.9. The molecule has 1 heterocycles. The second-order valence-electron chi connectivity index (χ2n) is 7.72. The highest BCUT2D eigenvalue weighted by atomic mass is 35.5. The topological polar surface area (TPSA) is 4.93 Å². The number of nitrogens with zero attached hydrogens (tertiary/aromatic N) is 1. The highest BCUT2D eigenvalue weighted by Crippen LogP contribution is 2.35. The Hall–Kier alpha value is -3.03. The predicted octanol–water partition coefficient (Wildman–Crippen LogP) is 7.68. The molecule has 0 radical (unpaired) electrons. The molecule has 0 atom stereocenters. The molecule has 0 aliphatic heterocycles. The van der Waals surface area contributed by atoms with E-state index in [0.29, 0.717) is 5.88 Å². The van der Waals surface area contributed by atoms with E-state index in [1.807, 2.05) is 0 Å². The van der Waals surface area contributed by atoms with Crippen molar-refractivity contribution in [3.8, 4) is 11.1 Å². The van der Waals surface area contributed by atoms with E-state index < -0.39 is 0 Å². The SMILES string of the molecule is ClCCCn1c2ccccc2c2ccccc21.c1ccc2c(c1)Cc1ccccc1-2. The summed E-state index contributed by atoms with van der Waals surface area (Å²) >= 11 is 5.81. The number of fused-ring (bicyclic) bond motifs is 6. The first kappa shape index (κ1) is 19.0. The van der Waals surface area contributed by atoms with Crippen LogP contribution in [0.3, 0.4) is 0 Å². The van der Waals surface area contributed by atoms with E-state index in [1.165, 1.54) is 44.1 Å². The van der Waals surface area contributed by atoms with Crippen molar-refractivity contribution < 1.29 is 0 Å². The summed E-state index contributed by atoms with van der Waals surface area (Å²) in [5, 5.41) is 2.66. The lowest BCUT2D eigenvalue weighted by Crippen LogP contribution is -1.97. The summed E-state index contributed by atoms with van der Waals surface area (Å²) in [5.41, 5.74) is 8.36. The van der Waals surface area contributed by atoms with Gasteiger partial charge in [0.15, 0.2) is 0 Å². The second kappa shape index (κ2) is 8.38. The fourth-order valence-electron chi connectivity index (χ4n) is 4.54. The maximum Gasteiger partial charge on any atom is 0.0491 e. The van der Waals surface area contributed by atoms with E-state index >= 15 is 0 Å². The summed E-state index contributed by atoms with van der Waals surface area (Å²) in [4.78, 5) is 0. The largest absolute Gasteiger partial charge is 0.340 e. The number of aromatic nitrogens is 1. The maximum absolute atomic E-state index is 5.81. The van der Waals surface area contributed by atoms with E-state index in [-0.39, 0.29) is 0 Å². The van der Waals surface area contributed by atoms with Crippen molar-refractivity contribution >= 4 is 33.4 Å². The molecule has 0 spiro atoms. The maximum atomic E-state index is 5.81. The Morgan fingerprint density at radius 3 is 1.60 bits per heavy atom. The van der Waals surface area contributed by atoms with Crippen LogP contribution in [0, 0.1) is 0 Å². The number of halogens is 1. The first-order chi connectivity index (χ1) is 14.9. The fraction of sp³-hybridized carbons (Fsp3) is 0.143. The number of aryl methyl sites for hydroxylation is 1. The average Bonchev–Trinajstić information content (AvgIpc) is 3.34. The molecular weight excluding hydrogens is 386 g/mol. The molecule has 1 aliphatic rings. The minimum absolute atomic E-state index is 0.709. The summed E-state index contributed by atoms with van der Waals surface area (Å²) in [5.74, 6) is 0.709. The molecule has 0 unspecified atom stereocenters. The molecule has 6 rings (SSSR count). The van der Waals surface area contributed by atoms with Gasteiger partial charge in [0.05, 0.1) is 0 Å². The standard InChI is InChI=1S/C15H14ClN.C13H10/c16-10-5-11-17-14-8-3-1-6-12(14)13-7-2-4-9-15(13)17;1-3-7-12-10(5-1)9-11-6-2-4-8-13(11)12/h1-4,6-9H,5,10-11H2;1-8H,9H2. The molecule has 30 heavy (non-hydrogen) atoms. The molecule has 0 N–H and O–H groups in total. The van der Waals surface area contributed by atoms with Crippen molar-refractivity contribution in [2.45, 2.75) is 19.4 Å². The molecule has 148 valence electrons. The molecule has 1 aliphatic carbocycles. The van der Waals surface area contributed by atoms with Gasteiger partial charge in [-0.05, 0) is 47.2 Å². The van der Waals surface area contributed by atoms with Gasteiger partial charge in [-0.2, -0.15) is 0 Å². The van der Waals surface area contributed by atoms with E-state index in [0.717, 1.165) is 19.4 Å². The van der Waals surface area contributed by atoms with Crippen LogP contribution in [0.15, 0.2) is 97.1 Å². The van der Waals surface area contributed by atoms with Crippen LogP contribution in [-0.2, 0) is 13.0 Å². The molecule has 0 bridgehead atoms. The fourth-order valence-corrected chi connectivity index (χ4v) is 4.66. The van der Waals surface area contributed by atoms with Crippen LogP contribution < -0.4 is 0 Å². The minimum atomic E-state index is 0.709. The van der Waals surface area contributed by atoms with Gasteiger partial charge in [-0.25, -0.2) is 0 Å². The Balaban J connectivity index is 0.000000133. The van der Waals surface area contributed by atoms with Crippen molar-refractivity contribution in [1.29, 1.82) is 0 Å². The van der Waals surface area contributed by atoms with Gasteiger partial charge in [0, 0.05) is 34.2 Å². The summed E-state index contributed by atoms with van der Waals surface area (Å²) in [6, 6.07) is 34.4. The Morgan fingerprint density at radius 2 is 1.07 bits per heavy atom. The number of rotatable bonds is 3. The first-order valence-electron chi connectivity index (χ1n) is 10.5. The third kappa shape index (κ3) is 3.40. The van der Waals surface area contributed by atoms with Crippen LogP contribution in [0.2, 0.25) is 0 Å². The number of hydrogen-bond donors (Lipinski definition) is 0. The number of benzene rings is 4. The Kier molecular flexibility index (Phi) is 5.29. The van der Waals surface area contributed by atoms with Gasteiger partial charge in [-0.1, -0.05) is 84.9 Å². The zero-order valence-corrected chi connectivity index (χ0v) is 17.6. The van der Waals surface area contributed by atoms with Gasteiger partial charge in [-0.3, -0.25) is 0 Å².